The average molecular weight is 449 g/mol. The zero-order valence-electron chi connectivity index (χ0n) is 17.9. The predicted octanol–water partition coefficient (Wildman–Crippen LogP) is 3.11. The van der Waals surface area contributed by atoms with E-state index in [1.54, 1.807) is 17.0 Å². The van der Waals surface area contributed by atoms with Gasteiger partial charge in [-0.2, -0.15) is 4.98 Å². The molecule has 1 saturated heterocycles. The molecule has 0 saturated carbocycles. The van der Waals surface area contributed by atoms with Crippen LogP contribution in [0.5, 0.6) is 0 Å². The summed E-state index contributed by atoms with van der Waals surface area (Å²) in [6.07, 6.45) is 1.99. The largest absolute Gasteiger partial charge is 0.450 e. The van der Waals surface area contributed by atoms with Crippen molar-refractivity contribution in [3.63, 3.8) is 0 Å². The van der Waals surface area contributed by atoms with Gasteiger partial charge in [-0.1, -0.05) is 16.8 Å². The number of ether oxygens (including phenoxy) is 1. The molecule has 3 rings (SSSR count). The van der Waals surface area contributed by atoms with Crippen molar-refractivity contribution in [1.82, 2.24) is 25.7 Å². The van der Waals surface area contributed by atoms with Crippen molar-refractivity contribution < 1.29 is 14.1 Å². The molecule has 1 aromatic heterocycles. The van der Waals surface area contributed by atoms with E-state index >= 15 is 0 Å². The third-order valence-corrected chi connectivity index (χ3v) is 5.12. The summed E-state index contributed by atoms with van der Waals surface area (Å²) < 4.78 is 10.4. The zero-order chi connectivity index (χ0) is 22.1. The van der Waals surface area contributed by atoms with Gasteiger partial charge in [0, 0.05) is 42.7 Å². The standard InChI is InChI=1S/C21H29ClN6O3/c1-3-23-20(25-17-10-13-28(14-11-17)21(29)30-4-2)24-12-9-18-26-19(27-31-18)15-5-7-16(22)8-6-15/h5-8,17H,3-4,9-14H2,1-2H3,(H2,23,24,25). The van der Waals surface area contributed by atoms with Crippen molar-refractivity contribution in [2.75, 3.05) is 32.8 Å². The minimum atomic E-state index is -0.237. The molecule has 1 amide bonds. The molecule has 2 aromatic rings. The molecule has 9 nitrogen and oxygen atoms in total. The summed E-state index contributed by atoms with van der Waals surface area (Å²) >= 11 is 5.92. The van der Waals surface area contributed by atoms with Gasteiger partial charge in [-0.3, -0.25) is 4.99 Å². The molecule has 1 fully saturated rings. The number of carbonyl (C=O) groups is 1. The molecule has 0 atom stereocenters. The molecule has 1 aliphatic rings. The number of piperidine rings is 1. The van der Waals surface area contributed by atoms with Crippen molar-refractivity contribution >= 4 is 23.7 Å². The van der Waals surface area contributed by atoms with E-state index in [-0.39, 0.29) is 12.1 Å². The van der Waals surface area contributed by atoms with Gasteiger partial charge in [0.15, 0.2) is 5.96 Å². The minimum Gasteiger partial charge on any atom is -0.450 e. The first-order valence-electron chi connectivity index (χ1n) is 10.6. The fraction of sp³-hybridized carbons (Fsp3) is 0.524. The van der Waals surface area contributed by atoms with Crippen LogP contribution in [0.15, 0.2) is 33.8 Å². The van der Waals surface area contributed by atoms with Crippen LogP contribution < -0.4 is 10.6 Å². The molecule has 2 N–H and O–H groups in total. The van der Waals surface area contributed by atoms with E-state index in [9.17, 15) is 4.79 Å². The average Bonchev–Trinajstić information content (AvgIpc) is 3.24. The zero-order valence-corrected chi connectivity index (χ0v) is 18.7. The number of hydrogen-bond acceptors (Lipinski definition) is 6. The van der Waals surface area contributed by atoms with Crippen LogP contribution in [-0.4, -0.2) is 65.9 Å². The number of nitrogens with one attached hydrogen (secondary N) is 2. The Morgan fingerprint density at radius 1 is 1.29 bits per heavy atom. The summed E-state index contributed by atoms with van der Waals surface area (Å²) in [6.45, 7) is 6.86. The summed E-state index contributed by atoms with van der Waals surface area (Å²) in [6, 6.07) is 7.56. The molecule has 168 valence electrons. The van der Waals surface area contributed by atoms with Crippen molar-refractivity contribution in [2.45, 2.75) is 39.2 Å². The number of amides is 1. The number of halogens is 1. The van der Waals surface area contributed by atoms with Crippen LogP contribution in [0.1, 0.15) is 32.6 Å². The smallest absolute Gasteiger partial charge is 0.409 e. The Morgan fingerprint density at radius 2 is 2.03 bits per heavy atom. The number of carbonyl (C=O) groups excluding carboxylic acids is 1. The Balaban J connectivity index is 1.49. The van der Waals surface area contributed by atoms with Crippen molar-refractivity contribution in [2.24, 2.45) is 4.99 Å². The van der Waals surface area contributed by atoms with Crippen LogP contribution in [0.4, 0.5) is 4.79 Å². The molecule has 0 spiro atoms. The molecule has 31 heavy (non-hydrogen) atoms. The van der Waals surface area contributed by atoms with Crippen LogP contribution in [0.25, 0.3) is 11.4 Å². The van der Waals surface area contributed by atoms with Gasteiger partial charge in [0.25, 0.3) is 0 Å². The first kappa shape index (κ1) is 22.9. The Labute approximate surface area is 187 Å². The van der Waals surface area contributed by atoms with Gasteiger partial charge in [-0.15, -0.1) is 0 Å². The Kier molecular flexibility index (Phi) is 8.52. The monoisotopic (exact) mass is 448 g/mol. The summed E-state index contributed by atoms with van der Waals surface area (Å²) in [5.74, 6) is 1.82. The Hall–Kier alpha value is -2.81. The number of likely N-dealkylation sites (tertiary alicyclic amines) is 1. The predicted molar refractivity (Wildman–Crippen MR) is 119 cm³/mol. The highest BCUT2D eigenvalue weighted by Crippen LogP contribution is 2.18. The minimum absolute atomic E-state index is 0.237. The van der Waals surface area contributed by atoms with E-state index in [2.05, 4.69) is 25.8 Å². The number of hydrogen-bond donors (Lipinski definition) is 2. The topological polar surface area (TPSA) is 105 Å². The second-order valence-corrected chi connectivity index (χ2v) is 7.57. The lowest BCUT2D eigenvalue weighted by atomic mass is 10.1. The van der Waals surface area contributed by atoms with Crippen molar-refractivity contribution in [3.8, 4) is 11.4 Å². The van der Waals surface area contributed by atoms with Gasteiger partial charge < -0.3 is 24.8 Å². The lowest BCUT2D eigenvalue weighted by Crippen LogP contribution is -2.50. The highest BCUT2D eigenvalue weighted by molar-refractivity contribution is 6.30. The van der Waals surface area contributed by atoms with Crippen LogP contribution >= 0.6 is 11.6 Å². The third kappa shape index (κ3) is 6.85. The number of rotatable bonds is 7. The third-order valence-electron chi connectivity index (χ3n) is 4.87. The van der Waals surface area contributed by atoms with Crippen molar-refractivity contribution in [3.05, 3.63) is 35.2 Å². The van der Waals surface area contributed by atoms with Gasteiger partial charge in [-0.05, 0) is 51.0 Å². The van der Waals surface area contributed by atoms with E-state index in [1.807, 2.05) is 26.0 Å². The number of guanidine groups is 1. The quantitative estimate of drug-likeness (QED) is 0.495. The first-order chi connectivity index (χ1) is 15.1. The first-order valence-corrected chi connectivity index (χ1v) is 11.0. The van der Waals surface area contributed by atoms with Crippen molar-refractivity contribution in [1.29, 1.82) is 0 Å². The molecule has 0 aliphatic carbocycles. The van der Waals surface area contributed by atoms with Crippen LogP contribution in [0.2, 0.25) is 5.02 Å². The summed E-state index contributed by atoms with van der Waals surface area (Å²) in [5, 5.41) is 11.4. The molecule has 0 radical (unpaired) electrons. The molecule has 2 heterocycles. The van der Waals surface area contributed by atoms with Crippen LogP contribution in [0.3, 0.4) is 0 Å². The number of nitrogens with zero attached hydrogens (tertiary/aromatic N) is 4. The molecular weight excluding hydrogens is 420 g/mol. The van der Waals surface area contributed by atoms with Gasteiger partial charge in [0.1, 0.15) is 0 Å². The Morgan fingerprint density at radius 3 is 2.71 bits per heavy atom. The second-order valence-electron chi connectivity index (χ2n) is 7.13. The fourth-order valence-corrected chi connectivity index (χ4v) is 3.40. The van der Waals surface area contributed by atoms with Crippen LogP contribution in [-0.2, 0) is 11.2 Å². The van der Waals surface area contributed by atoms with E-state index in [4.69, 9.17) is 20.9 Å². The Bertz CT molecular complexity index is 862. The van der Waals surface area contributed by atoms with Gasteiger partial charge >= 0.3 is 6.09 Å². The molecule has 0 unspecified atom stereocenters. The maximum absolute atomic E-state index is 11.8. The molecule has 1 aliphatic heterocycles. The fourth-order valence-electron chi connectivity index (χ4n) is 3.27. The second kappa shape index (κ2) is 11.5. The lowest BCUT2D eigenvalue weighted by molar-refractivity contribution is 0.0963. The van der Waals surface area contributed by atoms with E-state index < -0.39 is 0 Å². The molecule has 1 aromatic carbocycles. The summed E-state index contributed by atoms with van der Waals surface area (Å²) in [7, 11) is 0. The van der Waals surface area contributed by atoms with Crippen LogP contribution in [0, 0.1) is 0 Å². The maximum Gasteiger partial charge on any atom is 0.409 e. The maximum atomic E-state index is 11.8. The molecule has 10 heteroatoms. The van der Waals surface area contributed by atoms with Gasteiger partial charge in [-0.25, -0.2) is 4.79 Å². The molecule has 0 bridgehead atoms. The number of aromatic nitrogens is 2. The highest BCUT2D eigenvalue weighted by atomic mass is 35.5. The van der Waals surface area contributed by atoms with Gasteiger partial charge in [0.2, 0.25) is 11.7 Å². The lowest BCUT2D eigenvalue weighted by Gasteiger charge is -2.32. The highest BCUT2D eigenvalue weighted by Gasteiger charge is 2.24. The van der Waals surface area contributed by atoms with E-state index in [0.717, 1.165) is 30.9 Å². The summed E-state index contributed by atoms with van der Waals surface area (Å²) in [5.41, 5.74) is 0.854. The van der Waals surface area contributed by atoms with E-state index in [0.29, 0.717) is 49.4 Å². The number of benzene rings is 1. The SMILES string of the molecule is CCNC(=NCCc1nc(-c2ccc(Cl)cc2)no1)NC1CCN(C(=O)OCC)CC1. The normalized spacial score (nSPS) is 15.1. The molecular formula is C21H29ClN6O3. The number of aliphatic imine (C=N–C) groups is 1. The van der Waals surface area contributed by atoms with Gasteiger partial charge in [0.05, 0.1) is 13.2 Å². The van der Waals surface area contributed by atoms with E-state index in [1.165, 1.54) is 0 Å². The summed E-state index contributed by atoms with van der Waals surface area (Å²) in [4.78, 5) is 22.6.